The molecule has 0 bridgehead atoms. The van der Waals surface area contributed by atoms with Crippen LogP contribution < -0.4 is 5.32 Å². The van der Waals surface area contributed by atoms with E-state index >= 15 is 0 Å². The minimum Gasteiger partial charge on any atom is -0.383 e. The zero-order valence-electron chi connectivity index (χ0n) is 14.0. The van der Waals surface area contributed by atoms with Crippen molar-refractivity contribution >= 4 is 10.0 Å². The summed E-state index contributed by atoms with van der Waals surface area (Å²) in [7, 11) is 0.0571. The Labute approximate surface area is 135 Å². The molecule has 2 fully saturated rings. The van der Waals surface area contributed by atoms with Gasteiger partial charge in [0, 0.05) is 33.8 Å². The van der Waals surface area contributed by atoms with E-state index in [1.54, 1.807) is 14.2 Å². The molecule has 2 rings (SSSR count). The molecule has 1 atom stereocenters. The molecule has 0 saturated carbocycles. The predicted octanol–water partition coefficient (Wildman–Crippen LogP) is 0.358. The molecule has 2 aliphatic heterocycles. The molecular formula is C15H31N3O3S. The van der Waals surface area contributed by atoms with Crippen LogP contribution in [-0.4, -0.2) is 82.9 Å². The molecule has 2 saturated heterocycles. The summed E-state index contributed by atoms with van der Waals surface area (Å²) in [6, 6.07) is 0. The van der Waals surface area contributed by atoms with Crippen LogP contribution in [0.2, 0.25) is 0 Å². The van der Waals surface area contributed by atoms with Crippen LogP contribution in [0.15, 0.2) is 0 Å². The molecule has 6 nitrogen and oxygen atoms in total. The lowest BCUT2D eigenvalue weighted by molar-refractivity contribution is 0.172. The molecule has 130 valence electrons. The maximum atomic E-state index is 12.7. The molecule has 0 aliphatic carbocycles. The quantitative estimate of drug-likeness (QED) is 0.729. The van der Waals surface area contributed by atoms with E-state index in [1.165, 1.54) is 17.1 Å². The summed E-state index contributed by atoms with van der Waals surface area (Å²) in [5, 5.41) is 3.13. The number of hydrogen-bond donors (Lipinski definition) is 1. The largest absolute Gasteiger partial charge is 0.383 e. The van der Waals surface area contributed by atoms with Crippen molar-refractivity contribution in [2.75, 3.05) is 60.0 Å². The van der Waals surface area contributed by atoms with Crippen molar-refractivity contribution in [3.05, 3.63) is 0 Å². The van der Waals surface area contributed by atoms with Gasteiger partial charge in [-0.15, -0.1) is 0 Å². The number of sulfonamides is 1. The first kappa shape index (κ1) is 18.1. The van der Waals surface area contributed by atoms with Crippen molar-refractivity contribution in [3.63, 3.8) is 0 Å². The van der Waals surface area contributed by atoms with Gasteiger partial charge in [-0.3, -0.25) is 0 Å². The number of rotatable bonds is 7. The van der Waals surface area contributed by atoms with Crippen molar-refractivity contribution < 1.29 is 13.2 Å². The molecule has 2 heterocycles. The molecule has 0 spiro atoms. The average Bonchev–Trinajstić information content (AvgIpc) is 2.53. The predicted molar refractivity (Wildman–Crippen MR) is 88.5 cm³/mol. The Kier molecular flexibility index (Phi) is 7.08. The summed E-state index contributed by atoms with van der Waals surface area (Å²) < 4.78 is 31.8. The lowest BCUT2D eigenvalue weighted by Crippen LogP contribution is -2.49. The van der Waals surface area contributed by atoms with Crippen LogP contribution in [-0.2, 0) is 14.8 Å². The number of hydrogen-bond acceptors (Lipinski definition) is 5. The first-order valence-corrected chi connectivity index (χ1v) is 9.91. The third kappa shape index (κ3) is 4.89. The number of nitrogens with one attached hydrogen (secondary N) is 1. The van der Waals surface area contributed by atoms with Crippen LogP contribution in [0, 0.1) is 5.92 Å². The Hall–Kier alpha value is -0.210. The maximum Gasteiger partial charge on any atom is 0.218 e. The normalized spacial score (nSPS) is 25.7. The van der Waals surface area contributed by atoms with Crippen LogP contribution >= 0.6 is 0 Å². The fourth-order valence-corrected chi connectivity index (χ4v) is 5.15. The first-order chi connectivity index (χ1) is 10.5. The number of piperidine rings is 2. The second-order valence-corrected chi connectivity index (χ2v) is 8.90. The molecule has 2 aliphatic rings. The third-order valence-corrected chi connectivity index (χ3v) is 7.18. The Morgan fingerprint density at radius 2 is 2.00 bits per heavy atom. The summed E-state index contributed by atoms with van der Waals surface area (Å²) in [6.45, 7) is 5.85. The fourth-order valence-electron chi connectivity index (χ4n) is 3.45. The molecular weight excluding hydrogens is 302 g/mol. The van der Waals surface area contributed by atoms with Crippen LogP contribution in [0.5, 0.6) is 0 Å². The Morgan fingerprint density at radius 1 is 1.27 bits per heavy atom. The van der Waals surface area contributed by atoms with Crippen molar-refractivity contribution in [1.82, 2.24) is 14.5 Å². The standard InChI is InChI=1S/C15H31N3O3S/c1-17(10-11-21-2)22(19,20)15-4-3-9-18(13-15)12-14-5-7-16-8-6-14/h14-16H,3-13H2,1-2H3. The van der Waals surface area contributed by atoms with Crippen LogP contribution in [0.4, 0.5) is 0 Å². The molecule has 1 unspecified atom stereocenters. The highest BCUT2D eigenvalue weighted by molar-refractivity contribution is 7.89. The number of methoxy groups -OCH3 is 1. The summed E-state index contributed by atoms with van der Waals surface area (Å²) in [6.07, 6.45) is 4.18. The maximum absolute atomic E-state index is 12.7. The van der Waals surface area contributed by atoms with Crippen LogP contribution in [0.1, 0.15) is 25.7 Å². The summed E-state index contributed by atoms with van der Waals surface area (Å²) in [5.74, 6) is 0.717. The minimum atomic E-state index is -3.21. The number of nitrogens with zero attached hydrogens (tertiary/aromatic N) is 2. The van der Waals surface area contributed by atoms with Gasteiger partial charge in [-0.05, 0) is 51.2 Å². The highest BCUT2D eigenvalue weighted by atomic mass is 32.2. The van der Waals surface area contributed by atoms with Crippen molar-refractivity contribution in [1.29, 1.82) is 0 Å². The Bertz CT molecular complexity index is 424. The molecule has 0 aromatic rings. The van der Waals surface area contributed by atoms with E-state index < -0.39 is 10.0 Å². The van der Waals surface area contributed by atoms with Gasteiger partial charge >= 0.3 is 0 Å². The van der Waals surface area contributed by atoms with Crippen LogP contribution in [0.3, 0.4) is 0 Å². The summed E-state index contributed by atoms with van der Waals surface area (Å²) >= 11 is 0. The van der Waals surface area contributed by atoms with Gasteiger partial charge in [0.1, 0.15) is 0 Å². The van der Waals surface area contributed by atoms with Crippen molar-refractivity contribution in [2.45, 2.75) is 30.9 Å². The van der Waals surface area contributed by atoms with Gasteiger partial charge in [-0.2, -0.15) is 0 Å². The molecule has 1 N–H and O–H groups in total. The highest BCUT2D eigenvalue weighted by Crippen LogP contribution is 2.22. The van der Waals surface area contributed by atoms with Gasteiger partial charge in [0.25, 0.3) is 0 Å². The van der Waals surface area contributed by atoms with Crippen molar-refractivity contribution in [3.8, 4) is 0 Å². The van der Waals surface area contributed by atoms with Gasteiger partial charge < -0.3 is 15.0 Å². The summed E-state index contributed by atoms with van der Waals surface area (Å²) in [4.78, 5) is 2.37. The van der Waals surface area contributed by atoms with E-state index in [0.29, 0.717) is 25.6 Å². The lowest BCUT2D eigenvalue weighted by Gasteiger charge is -2.37. The van der Waals surface area contributed by atoms with E-state index in [-0.39, 0.29) is 5.25 Å². The van der Waals surface area contributed by atoms with Gasteiger partial charge in [-0.25, -0.2) is 12.7 Å². The van der Waals surface area contributed by atoms with Gasteiger partial charge in [-0.1, -0.05) is 0 Å². The molecule has 0 aromatic carbocycles. The van der Waals surface area contributed by atoms with E-state index in [4.69, 9.17) is 4.74 Å². The number of likely N-dealkylation sites (N-methyl/N-ethyl adjacent to an activating group) is 1. The molecule has 0 aromatic heterocycles. The average molecular weight is 333 g/mol. The van der Waals surface area contributed by atoms with Gasteiger partial charge in [0.2, 0.25) is 10.0 Å². The Balaban J connectivity index is 1.88. The van der Waals surface area contributed by atoms with E-state index in [0.717, 1.165) is 39.0 Å². The number of ether oxygens (including phenoxy) is 1. The second-order valence-electron chi connectivity index (χ2n) is 6.58. The monoisotopic (exact) mass is 333 g/mol. The third-order valence-electron chi connectivity index (χ3n) is 4.90. The van der Waals surface area contributed by atoms with Gasteiger partial charge in [0.05, 0.1) is 11.9 Å². The van der Waals surface area contributed by atoms with Crippen molar-refractivity contribution in [2.24, 2.45) is 5.92 Å². The zero-order chi connectivity index (χ0) is 16.0. The zero-order valence-corrected chi connectivity index (χ0v) is 14.8. The topological polar surface area (TPSA) is 61.9 Å². The molecule has 22 heavy (non-hydrogen) atoms. The molecule has 0 amide bonds. The SMILES string of the molecule is COCCN(C)S(=O)(=O)C1CCCN(CC2CCNCC2)C1. The minimum absolute atomic E-state index is 0.259. The van der Waals surface area contributed by atoms with Gasteiger partial charge in [0.15, 0.2) is 0 Å². The second kappa shape index (κ2) is 8.59. The van der Waals surface area contributed by atoms with E-state index in [9.17, 15) is 8.42 Å². The molecule has 0 radical (unpaired) electrons. The smallest absolute Gasteiger partial charge is 0.218 e. The first-order valence-electron chi connectivity index (χ1n) is 8.41. The lowest BCUT2D eigenvalue weighted by atomic mass is 9.96. The van der Waals surface area contributed by atoms with E-state index in [1.807, 2.05) is 0 Å². The van der Waals surface area contributed by atoms with E-state index in [2.05, 4.69) is 10.2 Å². The Morgan fingerprint density at radius 3 is 2.68 bits per heavy atom. The number of likely N-dealkylation sites (tertiary alicyclic amines) is 1. The highest BCUT2D eigenvalue weighted by Gasteiger charge is 2.34. The van der Waals surface area contributed by atoms with Crippen LogP contribution in [0.25, 0.3) is 0 Å². The fraction of sp³-hybridized carbons (Fsp3) is 1.00. The summed E-state index contributed by atoms with van der Waals surface area (Å²) in [5.41, 5.74) is 0. The molecule has 7 heteroatoms.